The van der Waals surface area contributed by atoms with E-state index in [0.717, 1.165) is 0 Å². The average Bonchev–Trinajstić information content (AvgIpc) is 3.11. The molecule has 3 aromatic rings. The third kappa shape index (κ3) is 2.20. The second-order valence-corrected chi connectivity index (χ2v) is 10.9. The van der Waals surface area contributed by atoms with Crippen molar-refractivity contribution in [2.45, 2.75) is 32.4 Å². The van der Waals surface area contributed by atoms with Crippen molar-refractivity contribution >= 4 is 19.7 Å². The maximum atomic E-state index is 13.6. The Kier molecular flexibility index (Phi) is 3.98. The highest BCUT2D eigenvalue weighted by molar-refractivity contribution is 7.92. The van der Waals surface area contributed by atoms with Crippen LogP contribution in [0.5, 0.6) is 0 Å². The number of benzene rings is 3. The predicted molar refractivity (Wildman–Crippen MR) is 114 cm³/mol. The summed E-state index contributed by atoms with van der Waals surface area (Å²) in [6, 6.07) is 15.2. The Morgan fingerprint density at radius 3 is 1.50 bits per heavy atom. The molecular weight excluding hydrogens is 416 g/mol. The first-order valence-electron chi connectivity index (χ1n) is 9.30. The van der Waals surface area contributed by atoms with Crippen molar-refractivity contribution in [2.75, 3.05) is 0 Å². The number of allylic oxidation sites excluding steroid dienone is 2. The highest BCUT2D eigenvalue weighted by atomic mass is 32.2. The minimum atomic E-state index is -3.84. The topological polar surface area (TPSA) is 68.3 Å². The van der Waals surface area contributed by atoms with Crippen molar-refractivity contribution < 1.29 is 16.8 Å². The summed E-state index contributed by atoms with van der Waals surface area (Å²) in [5.41, 5.74) is 2.85. The molecule has 0 spiro atoms. The van der Waals surface area contributed by atoms with Crippen molar-refractivity contribution in [2.24, 2.45) is 0 Å². The zero-order valence-electron chi connectivity index (χ0n) is 15.9. The third-order valence-electron chi connectivity index (χ3n) is 5.61. The van der Waals surface area contributed by atoms with Crippen LogP contribution >= 0.6 is 0 Å². The molecule has 0 bridgehead atoms. The van der Waals surface area contributed by atoms with Gasteiger partial charge in [0.2, 0.25) is 19.7 Å². The fourth-order valence-electron chi connectivity index (χ4n) is 4.55. The van der Waals surface area contributed by atoms with Crippen LogP contribution in [0.2, 0.25) is 0 Å². The van der Waals surface area contributed by atoms with Gasteiger partial charge in [0, 0.05) is 22.3 Å². The summed E-state index contributed by atoms with van der Waals surface area (Å²) in [6.07, 6.45) is 3.66. The Balaban J connectivity index is 2.10. The molecule has 0 fully saturated rings. The van der Waals surface area contributed by atoms with Gasteiger partial charge in [-0.1, -0.05) is 36.4 Å². The van der Waals surface area contributed by atoms with Crippen LogP contribution in [-0.2, 0) is 32.5 Å². The van der Waals surface area contributed by atoms with Crippen molar-refractivity contribution in [3.8, 4) is 22.3 Å². The summed E-state index contributed by atoms with van der Waals surface area (Å²) in [5, 5.41) is 0. The maximum absolute atomic E-state index is 13.6. The Hall–Kier alpha value is -2.96. The molecule has 3 aromatic carbocycles. The van der Waals surface area contributed by atoms with Crippen molar-refractivity contribution in [3.05, 3.63) is 85.0 Å². The molecule has 2 heterocycles. The molecule has 2 aliphatic rings. The van der Waals surface area contributed by atoms with Crippen molar-refractivity contribution in [3.63, 3.8) is 0 Å². The zero-order valence-corrected chi connectivity index (χ0v) is 17.5. The van der Waals surface area contributed by atoms with E-state index in [-0.39, 0.29) is 32.4 Å². The first kappa shape index (κ1) is 19.0. The van der Waals surface area contributed by atoms with Gasteiger partial charge in [0.15, 0.2) is 0 Å². The second kappa shape index (κ2) is 6.27. The van der Waals surface area contributed by atoms with Gasteiger partial charge in [-0.05, 0) is 48.2 Å². The summed E-state index contributed by atoms with van der Waals surface area (Å²) in [4.78, 5) is 0.642. The Morgan fingerprint density at radius 1 is 0.733 bits per heavy atom. The summed E-state index contributed by atoms with van der Waals surface area (Å²) in [6.45, 7) is 7.56. The van der Waals surface area contributed by atoms with Crippen LogP contribution in [0.1, 0.15) is 11.1 Å². The largest absolute Gasteiger partial charge is 0.218 e. The zero-order chi connectivity index (χ0) is 21.3. The molecule has 4 nitrogen and oxygen atoms in total. The van der Waals surface area contributed by atoms with Gasteiger partial charge in [-0.3, -0.25) is 0 Å². The van der Waals surface area contributed by atoms with Gasteiger partial charge in [-0.25, -0.2) is 16.8 Å². The first-order valence-corrected chi connectivity index (χ1v) is 12.3. The normalized spacial score (nSPS) is 16.3. The lowest BCUT2D eigenvalue weighted by molar-refractivity contribution is 0.594. The Morgan fingerprint density at radius 2 is 1.13 bits per heavy atom. The summed E-state index contributed by atoms with van der Waals surface area (Å²) in [5.74, 6) is 0. The summed E-state index contributed by atoms with van der Waals surface area (Å²) in [7, 11) is -7.67. The van der Waals surface area contributed by atoms with Crippen LogP contribution in [0.3, 0.4) is 0 Å². The van der Waals surface area contributed by atoms with E-state index in [2.05, 4.69) is 25.3 Å². The highest BCUT2D eigenvalue weighted by Gasteiger charge is 2.45. The Bertz CT molecular complexity index is 1380. The molecule has 6 heteroatoms. The third-order valence-corrected chi connectivity index (χ3v) is 9.42. The molecule has 30 heavy (non-hydrogen) atoms. The van der Waals surface area contributed by atoms with Crippen LogP contribution in [0.25, 0.3) is 22.3 Å². The van der Waals surface area contributed by atoms with E-state index in [1.807, 2.05) is 0 Å². The number of fused-ring (bicyclic) bond motifs is 6. The van der Waals surface area contributed by atoms with Gasteiger partial charge in [-0.2, -0.15) is 0 Å². The van der Waals surface area contributed by atoms with E-state index in [4.69, 9.17) is 0 Å². The van der Waals surface area contributed by atoms with Crippen molar-refractivity contribution in [1.29, 1.82) is 0 Å². The molecule has 0 N–H and O–H groups in total. The molecule has 5 rings (SSSR count). The molecule has 0 aliphatic carbocycles. The van der Waals surface area contributed by atoms with Gasteiger partial charge in [-0.15, -0.1) is 13.2 Å². The van der Waals surface area contributed by atoms with Crippen LogP contribution in [0.15, 0.2) is 81.3 Å². The Labute approximate surface area is 176 Å². The van der Waals surface area contributed by atoms with Crippen LogP contribution < -0.4 is 0 Å². The minimum Gasteiger partial charge on any atom is -0.218 e. The van der Waals surface area contributed by atoms with E-state index in [9.17, 15) is 16.8 Å². The first-order chi connectivity index (χ1) is 14.4. The lowest BCUT2D eigenvalue weighted by Gasteiger charge is -2.18. The second-order valence-electron chi connectivity index (χ2n) is 7.20. The lowest BCUT2D eigenvalue weighted by Crippen LogP contribution is -2.08. The van der Waals surface area contributed by atoms with Crippen LogP contribution in [0.4, 0.5) is 0 Å². The highest BCUT2D eigenvalue weighted by Crippen LogP contribution is 2.56. The van der Waals surface area contributed by atoms with Crippen LogP contribution in [-0.4, -0.2) is 16.8 Å². The molecule has 148 valence electrons. The van der Waals surface area contributed by atoms with Crippen LogP contribution in [0, 0.1) is 12.1 Å². The molecule has 0 unspecified atom stereocenters. The van der Waals surface area contributed by atoms with E-state index in [1.165, 1.54) is 12.1 Å². The summed E-state index contributed by atoms with van der Waals surface area (Å²) >= 11 is 0. The van der Waals surface area contributed by atoms with Gasteiger partial charge >= 0.3 is 0 Å². The lowest BCUT2D eigenvalue weighted by atomic mass is 9.88. The van der Waals surface area contributed by atoms with Gasteiger partial charge in [0.25, 0.3) is 0 Å². The number of hydrogen-bond acceptors (Lipinski definition) is 4. The van der Waals surface area contributed by atoms with Crippen molar-refractivity contribution in [1.82, 2.24) is 0 Å². The molecule has 0 amide bonds. The van der Waals surface area contributed by atoms with E-state index in [1.54, 1.807) is 36.4 Å². The minimum absolute atomic E-state index is 0.151. The van der Waals surface area contributed by atoms with E-state index < -0.39 is 19.7 Å². The van der Waals surface area contributed by atoms with Gasteiger partial charge in [0.05, 0.1) is 19.6 Å². The molecule has 0 aromatic heterocycles. The predicted octanol–water partition coefficient (Wildman–Crippen LogP) is 4.37. The molecule has 0 saturated carbocycles. The standard InChI is InChI=1S/C24H16O4S2/c1-3-9-17-21-15-11-5-7-13-19(15)30(27,28)24(21)18(10-4-2)22-16-12-6-8-14-20(16)29(25,26)23(17)22/h3-6,11-14H,1-2,9-10H2. The SMILES string of the molecule is C=CCc1c2c(c(CC=C)c3c1S(=O)(=O)c1c[c]ccc1-3)S(=O)(=O)c1c[c]ccc1-2. The quantitative estimate of drug-likeness (QED) is 0.396. The van der Waals surface area contributed by atoms with E-state index in [0.29, 0.717) is 33.4 Å². The average molecular weight is 433 g/mol. The fraction of sp³-hybridized carbons (Fsp3) is 0.0833. The molecule has 0 atom stereocenters. The number of sulfone groups is 2. The smallest absolute Gasteiger partial charge is 0.208 e. The maximum Gasteiger partial charge on any atom is 0.208 e. The summed E-state index contributed by atoms with van der Waals surface area (Å²) < 4.78 is 54.3. The van der Waals surface area contributed by atoms with E-state index >= 15 is 0 Å². The molecule has 2 aliphatic heterocycles. The van der Waals surface area contributed by atoms with Gasteiger partial charge in [0.1, 0.15) is 0 Å². The fourth-order valence-corrected chi connectivity index (χ4v) is 8.38. The molecule has 0 saturated heterocycles. The molecular formula is C24H16O4S2. The number of rotatable bonds is 4. The monoisotopic (exact) mass is 432 g/mol. The van der Waals surface area contributed by atoms with Gasteiger partial charge < -0.3 is 0 Å². The molecule has 2 radical (unpaired) electrons. The number of hydrogen-bond donors (Lipinski definition) is 0.